The lowest BCUT2D eigenvalue weighted by Gasteiger charge is -2.42. The molecule has 2 saturated heterocycles. The normalized spacial score (nSPS) is 26.0. The summed E-state index contributed by atoms with van der Waals surface area (Å²) in [6, 6.07) is 0. The van der Waals surface area contributed by atoms with Gasteiger partial charge in [-0.05, 0) is 83.5 Å². The molecule has 4 unspecified atom stereocenters. The van der Waals surface area contributed by atoms with Crippen LogP contribution in [0.15, 0.2) is 72.9 Å². The monoisotopic (exact) mass is 993 g/mol. The molecule has 7 N–H and O–H groups in total. The fourth-order valence-corrected chi connectivity index (χ4v) is 7.77. The Kier molecular flexibility index (Phi) is 37.3. The minimum Gasteiger partial charge on any atom is -0.462 e. The van der Waals surface area contributed by atoms with Gasteiger partial charge < -0.3 is 64.2 Å². The van der Waals surface area contributed by atoms with Crippen LogP contribution in [0.5, 0.6) is 0 Å². The van der Waals surface area contributed by atoms with Crippen LogP contribution in [-0.4, -0.2) is 142 Å². The van der Waals surface area contributed by atoms with Gasteiger partial charge in [-0.2, -0.15) is 0 Å². The summed E-state index contributed by atoms with van der Waals surface area (Å²) in [5.41, 5.74) is 0. The zero-order chi connectivity index (χ0) is 51.0. The first-order valence-electron chi connectivity index (χ1n) is 26.5. The molecule has 0 radical (unpaired) electrons. The third-order valence-electron chi connectivity index (χ3n) is 12.2. The van der Waals surface area contributed by atoms with Gasteiger partial charge in [-0.15, -0.1) is 0 Å². The molecule has 70 heavy (non-hydrogen) atoms. The van der Waals surface area contributed by atoms with Crippen molar-refractivity contribution in [2.45, 2.75) is 235 Å². The zero-order valence-corrected chi connectivity index (χ0v) is 42.5. The Labute approximate surface area is 419 Å². The van der Waals surface area contributed by atoms with E-state index in [0.717, 1.165) is 64.2 Å². The summed E-state index contributed by atoms with van der Waals surface area (Å²) in [6.07, 6.45) is 32.1. The van der Waals surface area contributed by atoms with Crippen molar-refractivity contribution >= 4 is 11.9 Å². The summed E-state index contributed by atoms with van der Waals surface area (Å²) >= 11 is 0. The highest BCUT2D eigenvalue weighted by atomic mass is 16.7. The molecule has 2 fully saturated rings. The van der Waals surface area contributed by atoms with Gasteiger partial charge in [0.1, 0.15) is 55.4 Å². The average Bonchev–Trinajstić information content (AvgIpc) is 3.35. The second kappa shape index (κ2) is 41.4. The number of carbonyl (C=O) groups is 2. The molecule has 2 aliphatic rings. The largest absolute Gasteiger partial charge is 0.462 e. The van der Waals surface area contributed by atoms with Crippen LogP contribution in [0.25, 0.3) is 0 Å². The average molecular weight is 993 g/mol. The number of unbranched alkanes of at least 4 members (excludes halogenated alkanes) is 14. The number of aliphatic hydroxyl groups is 7. The number of allylic oxidation sites excluding steroid dienone is 12. The van der Waals surface area contributed by atoms with Crippen LogP contribution < -0.4 is 0 Å². The van der Waals surface area contributed by atoms with Crippen LogP contribution in [0, 0.1) is 0 Å². The van der Waals surface area contributed by atoms with E-state index < -0.39 is 99.3 Å². The topological polar surface area (TPSA) is 231 Å². The molecule has 2 aliphatic heterocycles. The number of hydrogen-bond acceptors (Lipinski definition) is 15. The van der Waals surface area contributed by atoms with Crippen molar-refractivity contribution in [1.29, 1.82) is 0 Å². The molecule has 11 atom stereocenters. The number of ether oxygens (including phenoxy) is 6. The van der Waals surface area contributed by atoms with Crippen molar-refractivity contribution < 1.29 is 73.8 Å². The SMILES string of the molecule is CCCCC/C=C/C/C=C/C/C=C/C/C=C/CCCC(=O)O[C@@H](COC(=O)CCCCCCCCC/C=C/C/C=C/CCCCC)CO[C@@H]1O[C@H](CO[C@@H]2O[C@H](CO)[C@H](O)C(O)C2O)[C@H](O)C(O)C1O. The molecule has 0 aromatic heterocycles. The lowest BCUT2D eigenvalue weighted by Crippen LogP contribution is -2.61. The second-order valence-corrected chi connectivity index (χ2v) is 18.3. The van der Waals surface area contributed by atoms with Gasteiger partial charge in [0.15, 0.2) is 18.7 Å². The van der Waals surface area contributed by atoms with Crippen LogP contribution in [0.2, 0.25) is 0 Å². The fourth-order valence-electron chi connectivity index (χ4n) is 7.77. The fraction of sp³-hybridized carbons (Fsp3) is 0.745. The molecule has 2 rings (SSSR count). The summed E-state index contributed by atoms with van der Waals surface area (Å²) in [7, 11) is 0. The molecule has 0 bridgehead atoms. The molecule has 2 heterocycles. The first kappa shape index (κ1) is 63.1. The van der Waals surface area contributed by atoms with Crippen LogP contribution in [0.1, 0.15) is 168 Å². The molecule has 0 aromatic carbocycles. The Balaban J connectivity index is 1.83. The van der Waals surface area contributed by atoms with Gasteiger partial charge in [-0.1, -0.05) is 145 Å². The standard InChI is InChI=1S/C55H92O15/c1-3-5-7-9-11-13-15-17-19-21-23-25-27-29-31-33-35-37-46(57)65-40-43(68-47(58)38-36-34-32-30-28-26-24-22-20-18-16-14-12-10-8-6-4-2)41-66-54-53(64)51(62)49(60)45(70-54)42-67-55-52(63)50(61)48(59)44(39-56)69-55/h11-14,17-20,24,26,30,32,43-45,48-56,59-64H,3-10,15-16,21-23,25,27-29,31,33-42H2,1-2H3/b13-11+,14-12+,19-17+,20-18+,26-24+,32-30+/t43-,44+,45+,48-,49-,50?,51?,52?,53?,54+,55+/m0/s1. The Morgan fingerprint density at radius 1 is 0.457 bits per heavy atom. The number of aliphatic hydroxyl groups excluding tert-OH is 7. The molecule has 0 aliphatic carbocycles. The molecular weight excluding hydrogens is 901 g/mol. The van der Waals surface area contributed by atoms with Crippen LogP contribution in [0.4, 0.5) is 0 Å². The minimum atomic E-state index is -1.78. The smallest absolute Gasteiger partial charge is 0.306 e. The van der Waals surface area contributed by atoms with Crippen molar-refractivity contribution in [3.8, 4) is 0 Å². The van der Waals surface area contributed by atoms with Gasteiger partial charge in [-0.3, -0.25) is 9.59 Å². The first-order valence-corrected chi connectivity index (χ1v) is 26.5. The van der Waals surface area contributed by atoms with Crippen LogP contribution >= 0.6 is 0 Å². The Morgan fingerprint density at radius 2 is 0.871 bits per heavy atom. The third kappa shape index (κ3) is 28.8. The summed E-state index contributed by atoms with van der Waals surface area (Å²) in [5.74, 6) is -1.00. The number of carbonyl (C=O) groups excluding carboxylic acids is 2. The maximum absolute atomic E-state index is 13.0. The van der Waals surface area contributed by atoms with Crippen molar-refractivity contribution in [2.75, 3.05) is 26.4 Å². The summed E-state index contributed by atoms with van der Waals surface area (Å²) in [6.45, 7) is 2.46. The number of rotatable bonds is 40. The first-order chi connectivity index (χ1) is 34.0. The summed E-state index contributed by atoms with van der Waals surface area (Å²) < 4.78 is 33.5. The molecule has 0 amide bonds. The van der Waals surface area contributed by atoms with Gasteiger partial charge in [0.25, 0.3) is 0 Å². The van der Waals surface area contributed by atoms with E-state index >= 15 is 0 Å². The molecule has 402 valence electrons. The molecule has 15 heteroatoms. The van der Waals surface area contributed by atoms with E-state index in [2.05, 4.69) is 74.6 Å². The van der Waals surface area contributed by atoms with E-state index in [1.807, 2.05) is 12.2 Å². The molecule has 0 spiro atoms. The van der Waals surface area contributed by atoms with Gasteiger partial charge in [0, 0.05) is 12.8 Å². The molecule has 15 nitrogen and oxygen atoms in total. The van der Waals surface area contributed by atoms with E-state index in [1.54, 1.807) is 0 Å². The van der Waals surface area contributed by atoms with E-state index in [9.17, 15) is 45.3 Å². The Bertz CT molecular complexity index is 1490. The van der Waals surface area contributed by atoms with Gasteiger partial charge >= 0.3 is 11.9 Å². The van der Waals surface area contributed by atoms with Crippen LogP contribution in [0.3, 0.4) is 0 Å². The van der Waals surface area contributed by atoms with E-state index in [1.165, 1.54) is 57.8 Å². The predicted octanol–water partition coefficient (Wildman–Crippen LogP) is 7.82. The highest BCUT2D eigenvalue weighted by molar-refractivity contribution is 5.70. The zero-order valence-electron chi connectivity index (χ0n) is 42.5. The van der Waals surface area contributed by atoms with Crippen LogP contribution in [-0.2, 0) is 38.0 Å². The molecular formula is C55H92O15. The lowest BCUT2D eigenvalue weighted by molar-refractivity contribution is -0.332. The third-order valence-corrected chi connectivity index (χ3v) is 12.2. The summed E-state index contributed by atoms with van der Waals surface area (Å²) in [4.78, 5) is 25.8. The number of esters is 2. The van der Waals surface area contributed by atoms with Crippen molar-refractivity contribution in [3.63, 3.8) is 0 Å². The highest BCUT2D eigenvalue weighted by Gasteiger charge is 2.47. The van der Waals surface area contributed by atoms with E-state index in [4.69, 9.17) is 28.4 Å². The van der Waals surface area contributed by atoms with Gasteiger partial charge in [0.2, 0.25) is 0 Å². The predicted molar refractivity (Wildman–Crippen MR) is 270 cm³/mol. The maximum atomic E-state index is 13.0. The summed E-state index contributed by atoms with van der Waals surface area (Å²) in [5, 5.41) is 72.1. The number of hydrogen-bond donors (Lipinski definition) is 7. The van der Waals surface area contributed by atoms with Crippen molar-refractivity contribution in [3.05, 3.63) is 72.9 Å². The quantitative estimate of drug-likeness (QED) is 0.0176. The second-order valence-electron chi connectivity index (χ2n) is 18.3. The van der Waals surface area contributed by atoms with Gasteiger partial charge in [0.05, 0.1) is 19.8 Å². The molecule has 0 aromatic rings. The minimum absolute atomic E-state index is 0.0842. The van der Waals surface area contributed by atoms with Crippen molar-refractivity contribution in [2.24, 2.45) is 0 Å². The molecule has 0 saturated carbocycles. The Hall–Kier alpha value is -3.06. The lowest BCUT2D eigenvalue weighted by atomic mass is 9.98. The maximum Gasteiger partial charge on any atom is 0.306 e. The van der Waals surface area contributed by atoms with Gasteiger partial charge in [-0.25, -0.2) is 0 Å². The van der Waals surface area contributed by atoms with Crippen molar-refractivity contribution in [1.82, 2.24) is 0 Å². The van der Waals surface area contributed by atoms with E-state index in [-0.39, 0.29) is 19.4 Å². The Morgan fingerprint density at radius 3 is 1.39 bits per heavy atom. The highest BCUT2D eigenvalue weighted by Crippen LogP contribution is 2.26. The van der Waals surface area contributed by atoms with E-state index in [0.29, 0.717) is 19.3 Å².